The fraction of sp³-hybridized carbons (Fsp3) is 0.500. The van der Waals surface area contributed by atoms with Crippen LogP contribution in [0.15, 0.2) is 18.6 Å². The largest absolute Gasteiger partial charge is 0.354 e. The highest BCUT2D eigenvalue weighted by atomic mass is 15.2. The molecule has 3 rings (SSSR count). The molecule has 0 bridgehead atoms. The van der Waals surface area contributed by atoms with Crippen LogP contribution in [0.2, 0.25) is 0 Å². The van der Waals surface area contributed by atoms with Crippen LogP contribution in [-0.2, 0) is 7.05 Å². The molecule has 0 amide bonds. The maximum Gasteiger partial charge on any atom is 0.145 e. The Morgan fingerprint density at radius 1 is 1.41 bits per heavy atom. The molecule has 5 heteroatoms. The van der Waals surface area contributed by atoms with Gasteiger partial charge in [-0.15, -0.1) is 0 Å². The first-order valence-corrected chi connectivity index (χ1v) is 5.98. The van der Waals surface area contributed by atoms with Crippen LogP contribution in [0.3, 0.4) is 0 Å². The lowest BCUT2D eigenvalue weighted by Crippen LogP contribution is -2.29. The normalized spacial score (nSPS) is 20.4. The first-order chi connectivity index (χ1) is 8.29. The maximum atomic E-state index is 4.44. The summed E-state index contributed by atoms with van der Waals surface area (Å²) in [6, 6.07) is 2.67. The van der Waals surface area contributed by atoms with E-state index in [1.165, 1.54) is 6.42 Å². The van der Waals surface area contributed by atoms with Gasteiger partial charge in [-0.25, -0.2) is 9.97 Å². The number of rotatable bonds is 2. The molecule has 1 aliphatic rings. The van der Waals surface area contributed by atoms with Crippen molar-refractivity contribution in [2.24, 2.45) is 7.05 Å². The summed E-state index contributed by atoms with van der Waals surface area (Å²) >= 11 is 0. The van der Waals surface area contributed by atoms with Crippen LogP contribution in [0.25, 0.3) is 11.0 Å². The van der Waals surface area contributed by atoms with Gasteiger partial charge in [-0.05, 0) is 19.5 Å². The molecule has 1 aliphatic heterocycles. The van der Waals surface area contributed by atoms with E-state index in [1.54, 1.807) is 6.33 Å². The van der Waals surface area contributed by atoms with Gasteiger partial charge >= 0.3 is 0 Å². The lowest BCUT2D eigenvalue weighted by molar-refractivity contribution is 0.616. The lowest BCUT2D eigenvalue weighted by Gasteiger charge is -2.17. The molecule has 1 atom stereocenters. The van der Waals surface area contributed by atoms with E-state index >= 15 is 0 Å². The number of nitrogens with zero attached hydrogens (tertiary/aromatic N) is 4. The zero-order valence-corrected chi connectivity index (χ0v) is 10.2. The Labute approximate surface area is 100 Å². The van der Waals surface area contributed by atoms with Gasteiger partial charge < -0.3 is 14.8 Å². The SMILES string of the molecule is CN[C@@H]1CCN(c2ncnc3c2ccn3C)C1. The predicted molar refractivity (Wildman–Crippen MR) is 68.2 cm³/mol. The number of fused-ring (bicyclic) bond motifs is 1. The standard InChI is InChI=1S/C12H17N5/c1-13-9-3-6-17(7-9)12-10-4-5-16(2)11(10)14-8-15-12/h4-5,8-9,13H,3,6-7H2,1-2H3/t9-/m1/s1. The first kappa shape index (κ1) is 10.5. The minimum atomic E-state index is 0.573. The van der Waals surface area contributed by atoms with Crippen molar-refractivity contribution in [1.82, 2.24) is 19.9 Å². The second kappa shape index (κ2) is 4.00. The van der Waals surface area contributed by atoms with E-state index in [2.05, 4.69) is 26.3 Å². The van der Waals surface area contributed by atoms with Crippen LogP contribution in [-0.4, -0.2) is 40.7 Å². The highest BCUT2D eigenvalue weighted by Gasteiger charge is 2.23. The molecule has 0 aromatic carbocycles. The van der Waals surface area contributed by atoms with Crippen LogP contribution in [0.4, 0.5) is 5.82 Å². The number of aryl methyl sites for hydroxylation is 1. The Balaban J connectivity index is 2.00. The molecule has 0 radical (unpaired) electrons. The summed E-state index contributed by atoms with van der Waals surface area (Å²) in [6.45, 7) is 2.09. The number of likely N-dealkylation sites (N-methyl/N-ethyl adjacent to an activating group) is 1. The average molecular weight is 231 g/mol. The van der Waals surface area contributed by atoms with Crippen molar-refractivity contribution in [3.63, 3.8) is 0 Å². The molecule has 1 fully saturated rings. The molecule has 0 saturated carbocycles. The number of aromatic nitrogens is 3. The fourth-order valence-corrected chi connectivity index (χ4v) is 2.50. The molecule has 2 aromatic heterocycles. The first-order valence-electron chi connectivity index (χ1n) is 5.98. The second-order valence-corrected chi connectivity index (χ2v) is 4.58. The molecule has 17 heavy (non-hydrogen) atoms. The minimum Gasteiger partial charge on any atom is -0.354 e. The number of anilines is 1. The van der Waals surface area contributed by atoms with E-state index in [0.29, 0.717) is 6.04 Å². The molecule has 2 aromatic rings. The molecule has 3 heterocycles. The van der Waals surface area contributed by atoms with Gasteiger partial charge in [-0.3, -0.25) is 0 Å². The highest BCUT2D eigenvalue weighted by molar-refractivity contribution is 5.87. The molecule has 0 aliphatic carbocycles. The van der Waals surface area contributed by atoms with Crippen molar-refractivity contribution in [2.45, 2.75) is 12.5 Å². The molecule has 5 nitrogen and oxygen atoms in total. The van der Waals surface area contributed by atoms with Crippen molar-refractivity contribution in [3.8, 4) is 0 Å². The smallest absolute Gasteiger partial charge is 0.145 e. The van der Waals surface area contributed by atoms with Crippen LogP contribution in [0.1, 0.15) is 6.42 Å². The summed E-state index contributed by atoms with van der Waals surface area (Å²) in [6.07, 6.45) is 4.87. The third kappa shape index (κ3) is 1.67. The Morgan fingerprint density at radius 2 is 2.29 bits per heavy atom. The third-order valence-electron chi connectivity index (χ3n) is 3.54. The zero-order chi connectivity index (χ0) is 11.8. The second-order valence-electron chi connectivity index (χ2n) is 4.58. The van der Waals surface area contributed by atoms with E-state index in [0.717, 1.165) is 29.9 Å². The maximum absolute atomic E-state index is 4.44. The Kier molecular flexibility index (Phi) is 2.48. The van der Waals surface area contributed by atoms with Gasteiger partial charge in [-0.2, -0.15) is 0 Å². The van der Waals surface area contributed by atoms with Gasteiger partial charge in [-0.1, -0.05) is 0 Å². The molecular formula is C12H17N5. The zero-order valence-electron chi connectivity index (χ0n) is 10.2. The van der Waals surface area contributed by atoms with Crippen LogP contribution in [0.5, 0.6) is 0 Å². The monoisotopic (exact) mass is 231 g/mol. The molecule has 0 unspecified atom stereocenters. The molecule has 1 saturated heterocycles. The van der Waals surface area contributed by atoms with Crippen LogP contribution < -0.4 is 10.2 Å². The summed E-state index contributed by atoms with van der Waals surface area (Å²) < 4.78 is 2.03. The van der Waals surface area contributed by atoms with Crippen molar-refractivity contribution < 1.29 is 0 Å². The van der Waals surface area contributed by atoms with Gasteiger partial charge in [0.2, 0.25) is 0 Å². The fourth-order valence-electron chi connectivity index (χ4n) is 2.50. The molecular weight excluding hydrogens is 214 g/mol. The van der Waals surface area contributed by atoms with Crippen LogP contribution >= 0.6 is 0 Å². The highest BCUT2D eigenvalue weighted by Crippen LogP contribution is 2.26. The van der Waals surface area contributed by atoms with Crippen molar-refractivity contribution in [1.29, 1.82) is 0 Å². The Hall–Kier alpha value is -1.62. The van der Waals surface area contributed by atoms with Gasteiger partial charge in [0.1, 0.15) is 17.8 Å². The van der Waals surface area contributed by atoms with E-state index in [4.69, 9.17) is 0 Å². The molecule has 0 spiro atoms. The number of nitrogens with one attached hydrogen (secondary N) is 1. The summed E-state index contributed by atoms with van der Waals surface area (Å²) in [5, 5.41) is 4.47. The Morgan fingerprint density at radius 3 is 3.06 bits per heavy atom. The Bertz CT molecular complexity index is 533. The van der Waals surface area contributed by atoms with Gasteiger partial charge in [0.05, 0.1) is 5.39 Å². The van der Waals surface area contributed by atoms with E-state index < -0.39 is 0 Å². The van der Waals surface area contributed by atoms with E-state index in [9.17, 15) is 0 Å². The summed E-state index contributed by atoms with van der Waals surface area (Å²) in [7, 11) is 4.03. The quantitative estimate of drug-likeness (QED) is 0.829. The van der Waals surface area contributed by atoms with Crippen LogP contribution in [0, 0.1) is 0 Å². The summed E-state index contributed by atoms with van der Waals surface area (Å²) in [4.78, 5) is 11.1. The molecule has 1 N–H and O–H groups in total. The van der Waals surface area contributed by atoms with E-state index in [1.807, 2.05) is 24.9 Å². The number of hydrogen-bond acceptors (Lipinski definition) is 4. The minimum absolute atomic E-state index is 0.573. The van der Waals surface area contributed by atoms with Gasteiger partial charge in [0.25, 0.3) is 0 Å². The van der Waals surface area contributed by atoms with Gasteiger partial charge in [0, 0.05) is 32.4 Å². The number of hydrogen-bond donors (Lipinski definition) is 1. The predicted octanol–water partition coefficient (Wildman–Crippen LogP) is 0.766. The summed E-state index contributed by atoms with van der Waals surface area (Å²) in [5.74, 6) is 1.06. The molecule has 90 valence electrons. The third-order valence-corrected chi connectivity index (χ3v) is 3.54. The average Bonchev–Trinajstić information content (AvgIpc) is 2.96. The van der Waals surface area contributed by atoms with Crippen molar-refractivity contribution in [3.05, 3.63) is 18.6 Å². The summed E-state index contributed by atoms with van der Waals surface area (Å²) in [5.41, 5.74) is 1.00. The topological polar surface area (TPSA) is 46.0 Å². The lowest BCUT2D eigenvalue weighted by atomic mass is 10.3. The van der Waals surface area contributed by atoms with Crippen molar-refractivity contribution >= 4 is 16.9 Å². The van der Waals surface area contributed by atoms with E-state index in [-0.39, 0.29) is 0 Å². The van der Waals surface area contributed by atoms with Gasteiger partial charge in [0.15, 0.2) is 0 Å². The van der Waals surface area contributed by atoms with Crippen molar-refractivity contribution in [2.75, 3.05) is 25.0 Å².